The first-order valence-electron chi connectivity index (χ1n) is 5.91. The van der Waals surface area contributed by atoms with Crippen LogP contribution in [0.2, 0.25) is 0 Å². The molecular weight excluding hydrogens is 302 g/mol. The highest BCUT2D eigenvalue weighted by Crippen LogP contribution is 2.42. The van der Waals surface area contributed by atoms with Crippen LogP contribution in [0.25, 0.3) is 0 Å². The molecule has 118 valence electrons. The number of benzene rings is 1. The first-order valence-corrected chi connectivity index (χ1v) is 5.91. The van der Waals surface area contributed by atoms with E-state index in [0.29, 0.717) is 6.07 Å². The maximum Gasteiger partial charge on any atom is 0.417 e. The van der Waals surface area contributed by atoms with Crippen LogP contribution in [0.4, 0.5) is 26.3 Å². The molecule has 2 nitrogen and oxygen atoms in total. The summed E-state index contributed by atoms with van der Waals surface area (Å²) in [5.74, 6) is -0.798. The lowest BCUT2D eigenvalue weighted by molar-refractivity contribution is -0.162. The predicted molar refractivity (Wildman–Crippen MR) is 61.5 cm³/mol. The molecule has 0 spiro atoms. The van der Waals surface area contributed by atoms with Gasteiger partial charge in [-0.3, -0.25) is 4.79 Å². The van der Waals surface area contributed by atoms with Crippen molar-refractivity contribution in [2.45, 2.75) is 32.6 Å². The molecule has 0 N–H and O–H groups in total. The Bertz CT molecular complexity index is 531. The van der Waals surface area contributed by atoms with E-state index in [1.165, 1.54) is 6.92 Å². The van der Waals surface area contributed by atoms with E-state index in [9.17, 15) is 31.1 Å². The standard InChI is InChI=1S/C13H12F6O2/c1-3-21-10(20)6-8-4-5-9(12(14,15)16)11(7(8)2)13(17,18)19/h4-5H,3,6H2,1-2H3. The third kappa shape index (κ3) is 4.12. The lowest BCUT2D eigenvalue weighted by atomic mass is 9.94. The summed E-state index contributed by atoms with van der Waals surface area (Å²) in [6.45, 7) is 2.45. The summed E-state index contributed by atoms with van der Waals surface area (Å²) < 4.78 is 81.3. The number of ether oxygens (including phenoxy) is 1. The molecule has 1 aromatic rings. The minimum atomic E-state index is -5.17. The maximum absolute atomic E-state index is 12.9. The van der Waals surface area contributed by atoms with Crippen molar-refractivity contribution in [1.82, 2.24) is 0 Å². The molecule has 0 saturated heterocycles. The molecule has 21 heavy (non-hydrogen) atoms. The molecule has 0 bridgehead atoms. The van der Waals surface area contributed by atoms with Crippen molar-refractivity contribution < 1.29 is 35.9 Å². The van der Waals surface area contributed by atoms with Gasteiger partial charge in [-0.25, -0.2) is 0 Å². The van der Waals surface area contributed by atoms with Gasteiger partial charge < -0.3 is 4.74 Å². The normalized spacial score (nSPS) is 12.4. The molecule has 0 aliphatic carbocycles. The molecule has 0 amide bonds. The summed E-state index contributed by atoms with van der Waals surface area (Å²) in [5.41, 5.74) is -4.30. The van der Waals surface area contributed by atoms with E-state index in [4.69, 9.17) is 0 Å². The molecule has 0 aliphatic heterocycles. The monoisotopic (exact) mass is 314 g/mol. The molecule has 0 aliphatic rings. The average Bonchev–Trinajstić information content (AvgIpc) is 2.28. The second-order valence-electron chi connectivity index (χ2n) is 4.25. The number of carbonyl (C=O) groups excluding carboxylic acids is 1. The van der Waals surface area contributed by atoms with E-state index in [1.54, 1.807) is 0 Å². The molecule has 0 fully saturated rings. The lowest BCUT2D eigenvalue weighted by Crippen LogP contribution is -2.20. The van der Waals surface area contributed by atoms with Crippen LogP contribution in [0, 0.1) is 6.92 Å². The Morgan fingerprint density at radius 2 is 1.67 bits per heavy atom. The average molecular weight is 314 g/mol. The predicted octanol–water partition coefficient (Wildman–Crippen LogP) is 4.14. The summed E-state index contributed by atoms with van der Waals surface area (Å²) in [6.07, 6.45) is -10.8. The van der Waals surface area contributed by atoms with Crippen LogP contribution in [0.15, 0.2) is 12.1 Å². The zero-order valence-corrected chi connectivity index (χ0v) is 11.2. The molecule has 0 heterocycles. The van der Waals surface area contributed by atoms with Gasteiger partial charge in [-0.15, -0.1) is 0 Å². The van der Waals surface area contributed by atoms with Gasteiger partial charge in [0.15, 0.2) is 0 Å². The Balaban J connectivity index is 3.38. The van der Waals surface area contributed by atoms with Crippen molar-refractivity contribution in [3.05, 3.63) is 34.4 Å². The van der Waals surface area contributed by atoms with Crippen molar-refractivity contribution in [2.24, 2.45) is 0 Å². The van der Waals surface area contributed by atoms with Crippen molar-refractivity contribution in [1.29, 1.82) is 0 Å². The Hall–Kier alpha value is -1.73. The summed E-state index contributed by atoms with van der Waals surface area (Å²) in [5, 5.41) is 0. The molecule has 1 rings (SSSR count). The topological polar surface area (TPSA) is 26.3 Å². The summed E-state index contributed by atoms with van der Waals surface area (Å²) in [4.78, 5) is 11.3. The van der Waals surface area contributed by atoms with Gasteiger partial charge in [0.05, 0.1) is 24.2 Å². The van der Waals surface area contributed by atoms with Crippen LogP contribution >= 0.6 is 0 Å². The number of hydrogen-bond acceptors (Lipinski definition) is 2. The minimum Gasteiger partial charge on any atom is -0.466 e. The molecule has 0 aromatic heterocycles. The molecular formula is C13H12F6O2. The van der Waals surface area contributed by atoms with E-state index in [0.717, 1.165) is 13.0 Å². The Morgan fingerprint density at radius 1 is 1.10 bits per heavy atom. The number of hydrogen-bond donors (Lipinski definition) is 0. The highest BCUT2D eigenvalue weighted by Gasteiger charge is 2.44. The molecule has 0 atom stereocenters. The highest BCUT2D eigenvalue weighted by molar-refractivity contribution is 5.73. The fourth-order valence-electron chi connectivity index (χ4n) is 1.92. The number of alkyl halides is 6. The molecule has 0 unspecified atom stereocenters. The highest BCUT2D eigenvalue weighted by atomic mass is 19.4. The molecule has 0 saturated carbocycles. The van der Waals surface area contributed by atoms with E-state index in [-0.39, 0.29) is 12.2 Å². The van der Waals surface area contributed by atoms with Crippen molar-refractivity contribution in [2.75, 3.05) is 6.61 Å². The molecule has 0 radical (unpaired) electrons. The van der Waals surface area contributed by atoms with Gasteiger partial charge >= 0.3 is 18.3 Å². The number of esters is 1. The fourth-order valence-corrected chi connectivity index (χ4v) is 1.92. The minimum absolute atomic E-state index is 0.0324. The first kappa shape index (κ1) is 17.3. The van der Waals surface area contributed by atoms with Crippen LogP contribution in [0.5, 0.6) is 0 Å². The summed E-state index contributed by atoms with van der Waals surface area (Å²) in [7, 11) is 0. The van der Waals surface area contributed by atoms with E-state index in [2.05, 4.69) is 4.74 Å². The van der Waals surface area contributed by atoms with Crippen molar-refractivity contribution in [3.63, 3.8) is 0 Å². The summed E-state index contributed by atoms with van der Waals surface area (Å²) in [6, 6.07) is 1.20. The van der Waals surface area contributed by atoms with Crippen LogP contribution in [-0.2, 0) is 28.3 Å². The smallest absolute Gasteiger partial charge is 0.417 e. The Morgan fingerprint density at radius 3 is 2.10 bits per heavy atom. The van der Waals surface area contributed by atoms with Crippen LogP contribution in [0.3, 0.4) is 0 Å². The maximum atomic E-state index is 12.9. The zero-order valence-electron chi connectivity index (χ0n) is 11.2. The van der Waals surface area contributed by atoms with Gasteiger partial charge in [0.25, 0.3) is 0 Å². The Labute approximate surface area is 116 Å². The van der Waals surface area contributed by atoms with Gasteiger partial charge in [0, 0.05) is 0 Å². The molecule has 1 aromatic carbocycles. The quantitative estimate of drug-likeness (QED) is 0.619. The van der Waals surface area contributed by atoms with E-state index < -0.39 is 41.4 Å². The SMILES string of the molecule is CCOC(=O)Cc1ccc(C(F)(F)F)c(C(F)(F)F)c1C. The third-order valence-electron chi connectivity index (χ3n) is 2.81. The third-order valence-corrected chi connectivity index (χ3v) is 2.81. The van der Waals surface area contributed by atoms with Gasteiger partial charge in [0.1, 0.15) is 0 Å². The van der Waals surface area contributed by atoms with E-state index >= 15 is 0 Å². The zero-order chi connectivity index (χ0) is 16.4. The van der Waals surface area contributed by atoms with Gasteiger partial charge in [-0.1, -0.05) is 6.07 Å². The van der Waals surface area contributed by atoms with Crippen molar-refractivity contribution in [3.8, 4) is 0 Å². The second-order valence-corrected chi connectivity index (χ2v) is 4.25. The second kappa shape index (κ2) is 5.95. The summed E-state index contributed by atoms with van der Waals surface area (Å²) >= 11 is 0. The van der Waals surface area contributed by atoms with Crippen LogP contribution in [0.1, 0.15) is 29.2 Å². The van der Waals surface area contributed by atoms with Crippen LogP contribution in [-0.4, -0.2) is 12.6 Å². The van der Waals surface area contributed by atoms with Gasteiger partial charge in [0.2, 0.25) is 0 Å². The number of halogens is 6. The first-order chi connectivity index (χ1) is 9.48. The number of carbonyl (C=O) groups is 1. The van der Waals surface area contributed by atoms with Gasteiger partial charge in [-0.05, 0) is 31.0 Å². The Kier molecular flexibility index (Phi) is 4.91. The largest absolute Gasteiger partial charge is 0.466 e. The van der Waals surface area contributed by atoms with E-state index in [1.807, 2.05) is 0 Å². The van der Waals surface area contributed by atoms with Gasteiger partial charge in [-0.2, -0.15) is 26.3 Å². The van der Waals surface area contributed by atoms with Crippen molar-refractivity contribution >= 4 is 5.97 Å². The van der Waals surface area contributed by atoms with Crippen LogP contribution < -0.4 is 0 Å². The fraction of sp³-hybridized carbons (Fsp3) is 0.462. The lowest BCUT2D eigenvalue weighted by Gasteiger charge is -2.19. The molecule has 8 heteroatoms. The number of rotatable bonds is 3.